The standard InChI is InChI=1S/C14H26N2O2/c1-15(10-8-14(17)18)13-7-4-9-16(11-13)12-5-2-3-6-12/h12-13H,2-11H2,1H3,(H,17,18). The zero-order valence-corrected chi connectivity index (χ0v) is 11.5. The molecule has 0 radical (unpaired) electrons. The third kappa shape index (κ3) is 3.69. The summed E-state index contributed by atoms with van der Waals surface area (Å²) in [6.45, 7) is 3.06. The third-order valence-corrected chi connectivity index (χ3v) is 4.57. The second-order valence-corrected chi connectivity index (χ2v) is 5.85. The predicted octanol–water partition coefficient (Wildman–Crippen LogP) is 1.80. The van der Waals surface area contributed by atoms with Crippen molar-refractivity contribution in [2.45, 2.75) is 57.0 Å². The lowest BCUT2D eigenvalue weighted by molar-refractivity contribution is -0.137. The number of rotatable bonds is 5. The summed E-state index contributed by atoms with van der Waals surface area (Å²) in [5, 5.41) is 8.75. The Morgan fingerprint density at radius 2 is 2.00 bits per heavy atom. The summed E-state index contributed by atoms with van der Waals surface area (Å²) >= 11 is 0. The molecular formula is C14H26N2O2. The first-order valence-electron chi connectivity index (χ1n) is 7.33. The Morgan fingerprint density at radius 3 is 2.67 bits per heavy atom. The van der Waals surface area contributed by atoms with E-state index in [0.29, 0.717) is 12.6 Å². The maximum atomic E-state index is 10.6. The van der Waals surface area contributed by atoms with Crippen molar-refractivity contribution in [1.82, 2.24) is 9.80 Å². The molecule has 0 spiro atoms. The molecule has 0 aromatic carbocycles. The number of likely N-dealkylation sites (tertiary alicyclic amines) is 1. The number of carboxylic acids is 1. The van der Waals surface area contributed by atoms with Crippen LogP contribution in [0.2, 0.25) is 0 Å². The van der Waals surface area contributed by atoms with Crippen LogP contribution in [-0.2, 0) is 4.79 Å². The average Bonchev–Trinajstić information content (AvgIpc) is 2.90. The minimum absolute atomic E-state index is 0.260. The SMILES string of the molecule is CN(CCC(=O)O)C1CCCN(C2CCCC2)C1. The lowest BCUT2D eigenvalue weighted by atomic mass is 10.0. The van der Waals surface area contributed by atoms with Gasteiger partial charge in [0.1, 0.15) is 0 Å². The quantitative estimate of drug-likeness (QED) is 0.812. The van der Waals surface area contributed by atoms with E-state index in [2.05, 4.69) is 16.8 Å². The molecule has 1 saturated carbocycles. The van der Waals surface area contributed by atoms with E-state index in [1.165, 1.54) is 45.1 Å². The highest BCUT2D eigenvalue weighted by Gasteiger charge is 2.29. The van der Waals surface area contributed by atoms with Crippen LogP contribution in [-0.4, -0.2) is 59.6 Å². The van der Waals surface area contributed by atoms with Crippen molar-refractivity contribution in [3.63, 3.8) is 0 Å². The van der Waals surface area contributed by atoms with Gasteiger partial charge >= 0.3 is 5.97 Å². The first-order valence-corrected chi connectivity index (χ1v) is 7.33. The van der Waals surface area contributed by atoms with Gasteiger partial charge in [-0.2, -0.15) is 0 Å². The van der Waals surface area contributed by atoms with E-state index < -0.39 is 5.97 Å². The van der Waals surface area contributed by atoms with E-state index >= 15 is 0 Å². The number of nitrogens with zero attached hydrogens (tertiary/aromatic N) is 2. The Morgan fingerprint density at radius 1 is 1.28 bits per heavy atom. The highest BCUT2D eigenvalue weighted by atomic mass is 16.4. The van der Waals surface area contributed by atoms with E-state index in [0.717, 1.165) is 12.6 Å². The van der Waals surface area contributed by atoms with Crippen LogP contribution in [0.5, 0.6) is 0 Å². The number of piperidine rings is 1. The van der Waals surface area contributed by atoms with E-state index in [1.807, 2.05) is 0 Å². The average molecular weight is 254 g/mol. The third-order valence-electron chi connectivity index (χ3n) is 4.57. The lowest BCUT2D eigenvalue weighted by Crippen LogP contribution is -2.49. The summed E-state index contributed by atoms with van der Waals surface area (Å²) in [6.07, 6.45) is 8.26. The summed E-state index contributed by atoms with van der Waals surface area (Å²) in [5.74, 6) is -0.690. The van der Waals surface area contributed by atoms with Gasteiger partial charge in [-0.1, -0.05) is 12.8 Å². The maximum absolute atomic E-state index is 10.6. The topological polar surface area (TPSA) is 43.8 Å². The molecule has 1 saturated heterocycles. The van der Waals surface area contributed by atoms with Gasteiger partial charge in [0.25, 0.3) is 0 Å². The van der Waals surface area contributed by atoms with Crippen molar-refractivity contribution in [3.05, 3.63) is 0 Å². The van der Waals surface area contributed by atoms with Gasteiger partial charge in [0, 0.05) is 25.2 Å². The zero-order chi connectivity index (χ0) is 13.0. The summed E-state index contributed by atoms with van der Waals surface area (Å²) in [7, 11) is 2.08. The van der Waals surface area contributed by atoms with Crippen LogP contribution in [0.25, 0.3) is 0 Å². The van der Waals surface area contributed by atoms with Crippen LogP contribution in [0, 0.1) is 0 Å². The molecular weight excluding hydrogens is 228 g/mol. The van der Waals surface area contributed by atoms with Gasteiger partial charge in [-0.05, 0) is 39.3 Å². The van der Waals surface area contributed by atoms with Gasteiger partial charge in [0.05, 0.1) is 6.42 Å². The Labute approximate surface area is 110 Å². The highest BCUT2D eigenvalue weighted by Crippen LogP contribution is 2.27. The van der Waals surface area contributed by atoms with Gasteiger partial charge in [-0.3, -0.25) is 9.69 Å². The number of carboxylic acid groups (broad SMARTS) is 1. The molecule has 0 bridgehead atoms. The minimum atomic E-state index is -0.690. The molecule has 18 heavy (non-hydrogen) atoms. The summed E-state index contributed by atoms with van der Waals surface area (Å²) in [5.41, 5.74) is 0. The number of aliphatic carboxylic acids is 1. The van der Waals surface area contributed by atoms with Crippen LogP contribution in [0.1, 0.15) is 44.9 Å². The van der Waals surface area contributed by atoms with Crippen molar-refractivity contribution in [2.75, 3.05) is 26.7 Å². The predicted molar refractivity (Wildman–Crippen MR) is 71.7 cm³/mol. The largest absolute Gasteiger partial charge is 0.481 e. The number of hydrogen-bond donors (Lipinski definition) is 1. The monoisotopic (exact) mass is 254 g/mol. The van der Waals surface area contributed by atoms with Crippen LogP contribution >= 0.6 is 0 Å². The van der Waals surface area contributed by atoms with Gasteiger partial charge in [0.2, 0.25) is 0 Å². The number of hydrogen-bond acceptors (Lipinski definition) is 3. The Kier molecular flexibility index (Phi) is 5.01. The molecule has 2 fully saturated rings. The smallest absolute Gasteiger partial charge is 0.304 e. The molecule has 1 aliphatic carbocycles. The van der Waals surface area contributed by atoms with E-state index in [9.17, 15) is 4.79 Å². The fraction of sp³-hybridized carbons (Fsp3) is 0.929. The van der Waals surface area contributed by atoms with Gasteiger partial charge < -0.3 is 10.0 Å². The van der Waals surface area contributed by atoms with E-state index in [1.54, 1.807) is 0 Å². The summed E-state index contributed by atoms with van der Waals surface area (Å²) < 4.78 is 0. The lowest BCUT2D eigenvalue weighted by Gasteiger charge is -2.40. The molecule has 1 unspecified atom stereocenters. The van der Waals surface area contributed by atoms with E-state index in [-0.39, 0.29) is 6.42 Å². The molecule has 0 amide bonds. The maximum Gasteiger partial charge on any atom is 0.304 e. The molecule has 1 atom stereocenters. The normalized spacial score (nSPS) is 26.9. The van der Waals surface area contributed by atoms with Crippen molar-refractivity contribution >= 4 is 5.97 Å². The Bertz CT molecular complexity index is 277. The first kappa shape index (κ1) is 13.8. The molecule has 1 aliphatic heterocycles. The number of carbonyl (C=O) groups is 1. The van der Waals surface area contributed by atoms with Crippen LogP contribution in [0.3, 0.4) is 0 Å². The molecule has 0 aromatic heterocycles. The fourth-order valence-corrected chi connectivity index (χ4v) is 3.40. The summed E-state index contributed by atoms with van der Waals surface area (Å²) in [6, 6.07) is 1.36. The van der Waals surface area contributed by atoms with Gasteiger partial charge in [-0.25, -0.2) is 0 Å². The molecule has 1 N–H and O–H groups in total. The van der Waals surface area contributed by atoms with Crippen LogP contribution < -0.4 is 0 Å². The summed E-state index contributed by atoms with van der Waals surface area (Å²) in [4.78, 5) is 15.5. The van der Waals surface area contributed by atoms with Crippen molar-refractivity contribution in [1.29, 1.82) is 0 Å². The highest BCUT2D eigenvalue weighted by molar-refractivity contribution is 5.66. The van der Waals surface area contributed by atoms with E-state index in [4.69, 9.17) is 5.11 Å². The molecule has 0 aromatic rings. The molecule has 4 nitrogen and oxygen atoms in total. The van der Waals surface area contributed by atoms with Crippen LogP contribution in [0.4, 0.5) is 0 Å². The Hall–Kier alpha value is -0.610. The minimum Gasteiger partial charge on any atom is -0.481 e. The fourth-order valence-electron chi connectivity index (χ4n) is 3.40. The van der Waals surface area contributed by atoms with Crippen molar-refractivity contribution in [3.8, 4) is 0 Å². The van der Waals surface area contributed by atoms with Crippen molar-refractivity contribution < 1.29 is 9.90 Å². The first-order chi connectivity index (χ1) is 8.66. The second kappa shape index (κ2) is 6.53. The van der Waals surface area contributed by atoms with Gasteiger partial charge in [-0.15, -0.1) is 0 Å². The zero-order valence-electron chi connectivity index (χ0n) is 11.5. The van der Waals surface area contributed by atoms with Gasteiger partial charge in [0.15, 0.2) is 0 Å². The van der Waals surface area contributed by atoms with Crippen molar-refractivity contribution in [2.24, 2.45) is 0 Å². The molecule has 1 heterocycles. The molecule has 4 heteroatoms. The second-order valence-electron chi connectivity index (χ2n) is 5.85. The molecule has 2 aliphatic rings. The Balaban J connectivity index is 1.79. The van der Waals surface area contributed by atoms with Crippen LogP contribution in [0.15, 0.2) is 0 Å². The molecule has 104 valence electrons. The number of likely N-dealkylation sites (N-methyl/N-ethyl adjacent to an activating group) is 1. The molecule has 2 rings (SSSR count).